The summed E-state index contributed by atoms with van der Waals surface area (Å²) in [5.41, 5.74) is 1.09. The Morgan fingerprint density at radius 2 is 2.19 bits per heavy atom. The van der Waals surface area contributed by atoms with Crippen LogP contribution < -0.4 is 10.1 Å². The summed E-state index contributed by atoms with van der Waals surface area (Å²) in [6, 6.07) is 6.51. The summed E-state index contributed by atoms with van der Waals surface area (Å²) in [6.07, 6.45) is 2.51. The lowest BCUT2D eigenvalue weighted by Crippen LogP contribution is -2.33. The van der Waals surface area contributed by atoms with E-state index < -0.39 is 0 Å². The third-order valence-corrected chi connectivity index (χ3v) is 3.27. The highest BCUT2D eigenvalue weighted by Crippen LogP contribution is 2.32. The van der Waals surface area contributed by atoms with Gasteiger partial charge in [-0.3, -0.25) is 0 Å². The number of ether oxygens (including phenoxy) is 1. The molecule has 2 rings (SSSR count). The Kier molecular flexibility index (Phi) is 3.59. The number of rotatable bonds is 4. The lowest BCUT2D eigenvalue weighted by atomic mass is 9.82. The molecule has 0 saturated heterocycles. The van der Waals surface area contributed by atoms with Gasteiger partial charge < -0.3 is 10.1 Å². The second-order valence-electron chi connectivity index (χ2n) is 4.50. The van der Waals surface area contributed by atoms with E-state index in [-0.39, 0.29) is 0 Å². The van der Waals surface area contributed by atoms with Gasteiger partial charge in [0.25, 0.3) is 0 Å². The van der Waals surface area contributed by atoms with Crippen LogP contribution in [0.5, 0.6) is 5.75 Å². The van der Waals surface area contributed by atoms with E-state index in [1.54, 1.807) is 0 Å². The van der Waals surface area contributed by atoms with Gasteiger partial charge in [-0.15, -0.1) is 0 Å². The number of nitrogens with one attached hydrogen (secondary N) is 1. The van der Waals surface area contributed by atoms with Gasteiger partial charge >= 0.3 is 0 Å². The molecule has 1 fully saturated rings. The van der Waals surface area contributed by atoms with Crippen molar-refractivity contribution in [3.8, 4) is 5.75 Å². The standard InChI is InChI=1S/C13H18ClNO/c1-3-16-13-5-4-10(8-12(13)14)15-11-6-9(2)7-11/h4-5,8-9,11,15H,3,6-7H2,1-2H3. The number of hydrogen-bond acceptors (Lipinski definition) is 2. The maximum Gasteiger partial charge on any atom is 0.138 e. The molecule has 0 unspecified atom stereocenters. The van der Waals surface area contributed by atoms with Crippen LogP contribution in [0.2, 0.25) is 5.02 Å². The van der Waals surface area contributed by atoms with Crippen LogP contribution in [0.4, 0.5) is 5.69 Å². The van der Waals surface area contributed by atoms with Gasteiger partial charge in [0.15, 0.2) is 0 Å². The normalized spacial score (nSPS) is 23.7. The Morgan fingerprint density at radius 1 is 1.44 bits per heavy atom. The number of benzene rings is 1. The first-order valence-corrected chi connectivity index (χ1v) is 6.25. The van der Waals surface area contributed by atoms with Crippen LogP contribution in [0.1, 0.15) is 26.7 Å². The molecule has 1 aromatic rings. The van der Waals surface area contributed by atoms with E-state index in [1.807, 2.05) is 25.1 Å². The lowest BCUT2D eigenvalue weighted by molar-refractivity contribution is 0.309. The Morgan fingerprint density at radius 3 is 2.75 bits per heavy atom. The first kappa shape index (κ1) is 11.6. The fourth-order valence-electron chi connectivity index (χ4n) is 2.12. The summed E-state index contributed by atoms with van der Waals surface area (Å²) in [5.74, 6) is 1.62. The minimum Gasteiger partial charge on any atom is -0.492 e. The van der Waals surface area contributed by atoms with E-state index in [0.29, 0.717) is 17.7 Å². The molecule has 1 aliphatic carbocycles. The monoisotopic (exact) mass is 239 g/mol. The van der Waals surface area contributed by atoms with Crippen LogP contribution in [0, 0.1) is 5.92 Å². The first-order chi connectivity index (χ1) is 7.69. The number of halogens is 1. The summed E-state index contributed by atoms with van der Waals surface area (Å²) in [7, 11) is 0. The van der Waals surface area contributed by atoms with E-state index in [1.165, 1.54) is 12.8 Å². The van der Waals surface area contributed by atoms with E-state index in [2.05, 4.69) is 12.2 Å². The molecule has 0 atom stereocenters. The zero-order valence-electron chi connectivity index (χ0n) is 9.79. The fraction of sp³-hybridized carbons (Fsp3) is 0.538. The van der Waals surface area contributed by atoms with E-state index in [4.69, 9.17) is 16.3 Å². The molecule has 0 amide bonds. The van der Waals surface area contributed by atoms with E-state index >= 15 is 0 Å². The van der Waals surface area contributed by atoms with Gasteiger partial charge in [-0.25, -0.2) is 0 Å². The molecule has 16 heavy (non-hydrogen) atoms. The molecule has 0 aromatic heterocycles. The molecule has 0 bridgehead atoms. The molecule has 1 aromatic carbocycles. The van der Waals surface area contributed by atoms with Gasteiger partial charge in [0.1, 0.15) is 5.75 Å². The summed E-state index contributed by atoms with van der Waals surface area (Å²) in [4.78, 5) is 0. The van der Waals surface area contributed by atoms with Crippen molar-refractivity contribution in [2.24, 2.45) is 5.92 Å². The van der Waals surface area contributed by atoms with Crippen molar-refractivity contribution in [2.75, 3.05) is 11.9 Å². The second-order valence-corrected chi connectivity index (χ2v) is 4.90. The summed E-state index contributed by atoms with van der Waals surface area (Å²) in [6.45, 7) is 4.88. The van der Waals surface area contributed by atoms with Crippen LogP contribution in [0.15, 0.2) is 18.2 Å². The predicted molar refractivity (Wildman–Crippen MR) is 68.4 cm³/mol. The summed E-state index contributed by atoms with van der Waals surface area (Å²) in [5, 5.41) is 4.16. The van der Waals surface area contributed by atoms with E-state index in [0.717, 1.165) is 17.4 Å². The molecule has 88 valence electrons. The van der Waals surface area contributed by atoms with Gasteiger partial charge in [0, 0.05) is 11.7 Å². The first-order valence-electron chi connectivity index (χ1n) is 5.88. The van der Waals surface area contributed by atoms with Crippen LogP contribution in [-0.4, -0.2) is 12.6 Å². The van der Waals surface area contributed by atoms with Crippen molar-refractivity contribution in [3.05, 3.63) is 23.2 Å². The Balaban J connectivity index is 1.98. The smallest absolute Gasteiger partial charge is 0.138 e. The molecule has 1 aliphatic rings. The van der Waals surface area contributed by atoms with Gasteiger partial charge in [-0.05, 0) is 43.9 Å². The number of hydrogen-bond donors (Lipinski definition) is 1. The van der Waals surface area contributed by atoms with Gasteiger partial charge in [-0.2, -0.15) is 0 Å². The zero-order valence-corrected chi connectivity index (χ0v) is 10.6. The maximum atomic E-state index is 6.12. The highest BCUT2D eigenvalue weighted by Gasteiger charge is 2.24. The molecule has 0 radical (unpaired) electrons. The molecule has 2 nitrogen and oxygen atoms in total. The van der Waals surface area contributed by atoms with Crippen molar-refractivity contribution >= 4 is 17.3 Å². The Labute approximate surface area is 102 Å². The molecule has 0 heterocycles. The Hall–Kier alpha value is -0.890. The van der Waals surface area contributed by atoms with Crippen molar-refractivity contribution in [2.45, 2.75) is 32.7 Å². The fourth-order valence-corrected chi connectivity index (χ4v) is 2.35. The number of anilines is 1. The molecule has 1 N–H and O–H groups in total. The van der Waals surface area contributed by atoms with Crippen LogP contribution in [0.25, 0.3) is 0 Å². The zero-order chi connectivity index (χ0) is 11.5. The average molecular weight is 240 g/mol. The SMILES string of the molecule is CCOc1ccc(NC2CC(C)C2)cc1Cl. The highest BCUT2D eigenvalue weighted by atomic mass is 35.5. The summed E-state index contributed by atoms with van der Waals surface area (Å²) >= 11 is 6.12. The van der Waals surface area contributed by atoms with Crippen molar-refractivity contribution < 1.29 is 4.74 Å². The second kappa shape index (κ2) is 4.96. The minimum absolute atomic E-state index is 0.615. The molecule has 3 heteroatoms. The minimum atomic E-state index is 0.615. The highest BCUT2D eigenvalue weighted by molar-refractivity contribution is 6.32. The molecular formula is C13H18ClNO. The summed E-state index contributed by atoms with van der Waals surface area (Å²) < 4.78 is 5.39. The largest absolute Gasteiger partial charge is 0.492 e. The molecular weight excluding hydrogens is 222 g/mol. The van der Waals surface area contributed by atoms with Crippen molar-refractivity contribution in [1.82, 2.24) is 0 Å². The van der Waals surface area contributed by atoms with Crippen molar-refractivity contribution in [3.63, 3.8) is 0 Å². The average Bonchev–Trinajstić information content (AvgIpc) is 2.20. The topological polar surface area (TPSA) is 21.3 Å². The van der Waals surface area contributed by atoms with E-state index in [9.17, 15) is 0 Å². The maximum absolute atomic E-state index is 6.12. The van der Waals surface area contributed by atoms with Gasteiger partial charge in [-0.1, -0.05) is 18.5 Å². The van der Waals surface area contributed by atoms with Gasteiger partial charge in [0.05, 0.1) is 11.6 Å². The van der Waals surface area contributed by atoms with Crippen molar-refractivity contribution in [1.29, 1.82) is 0 Å². The van der Waals surface area contributed by atoms with Gasteiger partial charge in [0.2, 0.25) is 0 Å². The van der Waals surface area contributed by atoms with Crippen LogP contribution in [0.3, 0.4) is 0 Å². The molecule has 0 spiro atoms. The predicted octanol–water partition coefficient (Wildman–Crippen LogP) is 3.95. The lowest BCUT2D eigenvalue weighted by Gasteiger charge is -2.34. The quantitative estimate of drug-likeness (QED) is 0.859. The van der Waals surface area contributed by atoms with Crippen LogP contribution in [-0.2, 0) is 0 Å². The third kappa shape index (κ3) is 2.62. The third-order valence-electron chi connectivity index (χ3n) is 2.98. The Bertz CT molecular complexity index is 361. The molecule has 0 aliphatic heterocycles. The molecule has 1 saturated carbocycles. The van der Waals surface area contributed by atoms with Crippen LogP contribution >= 0.6 is 11.6 Å².